The molecule has 0 heterocycles. The standard InChI is InChI=1S/C13H13BrN2O3S/c1-8-12(19-11-4-2-3-9(14)5-11)6-10(15)7-13(8)20(16,17)18/h2-7H,15H2,1H3,(H2,16,17,18). The zero-order chi connectivity index (χ0) is 14.9. The molecule has 20 heavy (non-hydrogen) atoms. The van der Waals surface area contributed by atoms with Crippen LogP contribution in [0.1, 0.15) is 5.56 Å². The van der Waals surface area contributed by atoms with Crippen LogP contribution in [0.4, 0.5) is 5.69 Å². The lowest BCUT2D eigenvalue weighted by atomic mass is 10.2. The first kappa shape index (κ1) is 14.8. The fraction of sp³-hybridized carbons (Fsp3) is 0.0769. The Morgan fingerprint density at radius 3 is 2.50 bits per heavy atom. The number of primary sulfonamides is 1. The van der Waals surface area contributed by atoms with Crippen LogP contribution in [0.25, 0.3) is 0 Å². The van der Waals surface area contributed by atoms with Gasteiger partial charge in [-0.05, 0) is 31.2 Å². The van der Waals surface area contributed by atoms with Crippen molar-refractivity contribution in [2.45, 2.75) is 11.8 Å². The van der Waals surface area contributed by atoms with E-state index < -0.39 is 10.0 Å². The first-order valence-electron chi connectivity index (χ1n) is 5.64. The first-order valence-corrected chi connectivity index (χ1v) is 7.97. The molecule has 5 nitrogen and oxygen atoms in total. The lowest BCUT2D eigenvalue weighted by molar-refractivity contribution is 0.476. The average molecular weight is 357 g/mol. The summed E-state index contributed by atoms with van der Waals surface area (Å²) in [5.41, 5.74) is 6.39. The van der Waals surface area contributed by atoms with E-state index in [2.05, 4.69) is 15.9 Å². The Bertz CT molecular complexity index is 760. The Morgan fingerprint density at radius 1 is 1.20 bits per heavy atom. The number of hydrogen-bond donors (Lipinski definition) is 2. The van der Waals surface area contributed by atoms with Crippen molar-refractivity contribution in [2.24, 2.45) is 5.14 Å². The van der Waals surface area contributed by atoms with Gasteiger partial charge in [-0.1, -0.05) is 22.0 Å². The predicted octanol–water partition coefficient (Wildman–Crippen LogP) is 2.78. The SMILES string of the molecule is Cc1c(Oc2cccc(Br)c2)cc(N)cc1S(N)(=O)=O. The highest BCUT2D eigenvalue weighted by atomic mass is 79.9. The van der Waals surface area contributed by atoms with E-state index >= 15 is 0 Å². The van der Waals surface area contributed by atoms with E-state index in [-0.39, 0.29) is 10.6 Å². The molecule has 0 spiro atoms. The Kier molecular flexibility index (Phi) is 4.03. The molecular formula is C13H13BrN2O3S. The van der Waals surface area contributed by atoms with Gasteiger partial charge in [-0.3, -0.25) is 0 Å². The van der Waals surface area contributed by atoms with Crippen LogP contribution in [-0.2, 0) is 10.0 Å². The minimum absolute atomic E-state index is 0.0394. The van der Waals surface area contributed by atoms with Crippen LogP contribution in [0.3, 0.4) is 0 Å². The number of nitrogens with two attached hydrogens (primary N) is 2. The minimum Gasteiger partial charge on any atom is -0.457 e. The van der Waals surface area contributed by atoms with Gasteiger partial charge in [0.05, 0.1) is 4.90 Å². The number of hydrogen-bond acceptors (Lipinski definition) is 4. The smallest absolute Gasteiger partial charge is 0.238 e. The van der Waals surface area contributed by atoms with E-state index in [1.807, 2.05) is 12.1 Å². The molecule has 2 rings (SSSR count). The molecule has 4 N–H and O–H groups in total. The first-order chi connectivity index (χ1) is 9.27. The van der Waals surface area contributed by atoms with Gasteiger partial charge in [0.15, 0.2) is 0 Å². The third kappa shape index (κ3) is 3.30. The minimum atomic E-state index is -3.85. The van der Waals surface area contributed by atoms with Gasteiger partial charge in [0.2, 0.25) is 10.0 Å². The molecule has 0 aliphatic carbocycles. The molecule has 0 amide bonds. The molecule has 7 heteroatoms. The van der Waals surface area contributed by atoms with E-state index in [4.69, 9.17) is 15.6 Å². The molecule has 0 unspecified atom stereocenters. The summed E-state index contributed by atoms with van der Waals surface area (Å²) in [6, 6.07) is 10.1. The molecule has 0 atom stereocenters. The van der Waals surface area contributed by atoms with E-state index in [1.165, 1.54) is 6.07 Å². The zero-order valence-electron chi connectivity index (χ0n) is 10.6. The molecule has 0 radical (unpaired) electrons. The summed E-state index contributed by atoms with van der Waals surface area (Å²) < 4.78 is 29.6. The van der Waals surface area contributed by atoms with E-state index in [9.17, 15) is 8.42 Å². The molecule has 0 saturated carbocycles. The van der Waals surface area contributed by atoms with Crippen molar-refractivity contribution in [1.29, 1.82) is 0 Å². The van der Waals surface area contributed by atoms with E-state index in [1.54, 1.807) is 25.1 Å². The molecule has 0 saturated heterocycles. The van der Waals surface area contributed by atoms with Crippen molar-refractivity contribution in [2.75, 3.05) is 5.73 Å². The molecule has 2 aromatic carbocycles. The lowest BCUT2D eigenvalue weighted by Crippen LogP contribution is -2.14. The Balaban J connectivity index is 2.50. The summed E-state index contributed by atoms with van der Waals surface area (Å²) in [5.74, 6) is 0.917. The molecular weight excluding hydrogens is 344 g/mol. The van der Waals surface area contributed by atoms with Crippen molar-refractivity contribution >= 4 is 31.6 Å². The maximum absolute atomic E-state index is 11.5. The summed E-state index contributed by atoms with van der Waals surface area (Å²) in [6.45, 7) is 1.62. The second kappa shape index (κ2) is 5.43. The van der Waals surface area contributed by atoms with Crippen molar-refractivity contribution in [3.63, 3.8) is 0 Å². The number of anilines is 1. The molecule has 0 bridgehead atoms. The third-order valence-corrected chi connectivity index (χ3v) is 4.20. The third-order valence-electron chi connectivity index (χ3n) is 2.67. The number of halogens is 1. The molecule has 0 fully saturated rings. The van der Waals surface area contributed by atoms with Crippen LogP contribution in [0.15, 0.2) is 45.8 Å². The maximum Gasteiger partial charge on any atom is 0.238 e. The van der Waals surface area contributed by atoms with Crippen LogP contribution in [-0.4, -0.2) is 8.42 Å². The molecule has 0 aliphatic heterocycles. The average Bonchev–Trinajstić information content (AvgIpc) is 2.32. The van der Waals surface area contributed by atoms with Crippen LogP contribution >= 0.6 is 15.9 Å². The summed E-state index contributed by atoms with van der Waals surface area (Å²) in [4.78, 5) is -0.0394. The van der Waals surface area contributed by atoms with Gasteiger partial charge < -0.3 is 10.5 Å². The number of rotatable bonds is 3. The van der Waals surface area contributed by atoms with Gasteiger partial charge >= 0.3 is 0 Å². The molecule has 106 valence electrons. The van der Waals surface area contributed by atoms with Crippen LogP contribution in [0, 0.1) is 6.92 Å². The van der Waals surface area contributed by atoms with Gasteiger partial charge in [-0.2, -0.15) is 0 Å². The monoisotopic (exact) mass is 356 g/mol. The summed E-state index contributed by atoms with van der Waals surface area (Å²) in [7, 11) is -3.85. The van der Waals surface area contributed by atoms with Crippen molar-refractivity contribution in [3.05, 3.63) is 46.4 Å². The van der Waals surface area contributed by atoms with E-state index in [0.717, 1.165) is 4.47 Å². The topological polar surface area (TPSA) is 95.4 Å². The van der Waals surface area contributed by atoms with Crippen LogP contribution in [0.5, 0.6) is 11.5 Å². The fourth-order valence-electron chi connectivity index (χ4n) is 1.74. The van der Waals surface area contributed by atoms with E-state index in [0.29, 0.717) is 17.1 Å². The van der Waals surface area contributed by atoms with Gasteiger partial charge in [0.25, 0.3) is 0 Å². The Hall–Kier alpha value is -1.57. The number of sulfonamides is 1. The molecule has 2 aromatic rings. The van der Waals surface area contributed by atoms with Gasteiger partial charge in [-0.15, -0.1) is 0 Å². The second-order valence-corrected chi connectivity index (χ2v) is 6.69. The van der Waals surface area contributed by atoms with Crippen LogP contribution in [0.2, 0.25) is 0 Å². The lowest BCUT2D eigenvalue weighted by Gasteiger charge is -2.13. The predicted molar refractivity (Wildman–Crippen MR) is 81.2 cm³/mol. The normalized spacial score (nSPS) is 11.3. The van der Waals surface area contributed by atoms with Crippen molar-refractivity contribution < 1.29 is 13.2 Å². The number of ether oxygens (including phenoxy) is 1. The van der Waals surface area contributed by atoms with Gasteiger partial charge in [0, 0.05) is 21.8 Å². The summed E-state index contributed by atoms with van der Waals surface area (Å²) >= 11 is 3.33. The highest BCUT2D eigenvalue weighted by Crippen LogP contribution is 2.32. The Morgan fingerprint density at radius 2 is 1.90 bits per heavy atom. The molecule has 0 aromatic heterocycles. The zero-order valence-corrected chi connectivity index (χ0v) is 13.0. The van der Waals surface area contributed by atoms with Gasteiger partial charge in [0.1, 0.15) is 11.5 Å². The largest absolute Gasteiger partial charge is 0.457 e. The molecule has 0 aliphatic rings. The second-order valence-electron chi connectivity index (χ2n) is 4.25. The summed E-state index contributed by atoms with van der Waals surface area (Å²) in [6.07, 6.45) is 0. The quantitative estimate of drug-likeness (QED) is 0.826. The highest BCUT2D eigenvalue weighted by molar-refractivity contribution is 9.10. The number of benzene rings is 2. The fourth-order valence-corrected chi connectivity index (χ4v) is 2.95. The van der Waals surface area contributed by atoms with Crippen molar-refractivity contribution in [1.82, 2.24) is 0 Å². The number of nitrogen functional groups attached to an aromatic ring is 1. The van der Waals surface area contributed by atoms with Crippen LogP contribution < -0.4 is 15.6 Å². The highest BCUT2D eigenvalue weighted by Gasteiger charge is 2.16. The summed E-state index contributed by atoms with van der Waals surface area (Å²) in [5, 5.41) is 5.17. The maximum atomic E-state index is 11.5. The van der Waals surface area contributed by atoms with Gasteiger partial charge in [-0.25, -0.2) is 13.6 Å². The van der Waals surface area contributed by atoms with Crippen molar-refractivity contribution in [3.8, 4) is 11.5 Å². The Labute approximate surface area is 125 Å².